The first-order chi connectivity index (χ1) is 5.37. The SMILES string of the molecule is [2H]C([2H])([2H])C(O)(CC=C)CC=C. The maximum absolute atomic E-state index is 9.64. The summed E-state index contributed by atoms with van der Waals surface area (Å²) in [4.78, 5) is 0. The first-order valence-corrected chi connectivity index (χ1v) is 2.81. The fraction of sp³-hybridized carbons (Fsp3) is 0.500. The number of hydrogen-bond donors (Lipinski definition) is 1. The summed E-state index contributed by atoms with van der Waals surface area (Å²) < 4.78 is 21.2. The monoisotopic (exact) mass is 129 g/mol. The van der Waals surface area contributed by atoms with E-state index in [-0.39, 0.29) is 12.8 Å². The second kappa shape index (κ2) is 3.46. The van der Waals surface area contributed by atoms with Gasteiger partial charge in [0.15, 0.2) is 0 Å². The van der Waals surface area contributed by atoms with Gasteiger partial charge < -0.3 is 5.11 Å². The zero-order chi connectivity index (χ0) is 9.83. The van der Waals surface area contributed by atoms with Crippen LogP contribution in [0.15, 0.2) is 25.3 Å². The molecule has 0 atom stereocenters. The Morgan fingerprint density at radius 3 is 2.22 bits per heavy atom. The zero-order valence-electron chi connectivity index (χ0n) is 8.43. The summed E-state index contributed by atoms with van der Waals surface area (Å²) in [6.45, 7) is 4.41. The highest BCUT2D eigenvalue weighted by Gasteiger charge is 2.14. The smallest absolute Gasteiger partial charge is 0.0688 e. The molecule has 0 aromatic carbocycles. The highest BCUT2D eigenvalue weighted by molar-refractivity contribution is 4.88. The first-order valence-electron chi connectivity index (χ1n) is 4.31. The summed E-state index contributed by atoms with van der Waals surface area (Å²) >= 11 is 0. The van der Waals surface area contributed by atoms with Crippen molar-refractivity contribution in [3.63, 3.8) is 0 Å². The van der Waals surface area contributed by atoms with Crippen LogP contribution in [0.1, 0.15) is 23.8 Å². The van der Waals surface area contributed by atoms with Crippen LogP contribution in [0.2, 0.25) is 0 Å². The van der Waals surface area contributed by atoms with E-state index < -0.39 is 12.5 Å². The van der Waals surface area contributed by atoms with Crippen molar-refractivity contribution in [2.24, 2.45) is 0 Å². The van der Waals surface area contributed by atoms with Gasteiger partial charge >= 0.3 is 0 Å². The van der Waals surface area contributed by atoms with Gasteiger partial charge in [0, 0.05) is 4.11 Å². The Labute approximate surface area is 60.9 Å². The lowest BCUT2D eigenvalue weighted by molar-refractivity contribution is 0.0667. The lowest BCUT2D eigenvalue weighted by Crippen LogP contribution is -2.21. The van der Waals surface area contributed by atoms with Gasteiger partial charge in [-0.2, -0.15) is 0 Å². The van der Waals surface area contributed by atoms with Gasteiger partial charge in [-0.05, 0) is 19.7 Å². The van der Waals surface area contributed by atoms with Crippen LogP contribution >= 0.6 is 0 Å². The van der Waals surface area contributed by atoms with Crippen molar-refractivity contribution >= 4 is 0 Å². The predicted octanol–water partition coefficient (Wildman–Crippen LogP) is 1.89. The van der Waals surface area contributed by atoms with Gasteiger partial charge in [-0.15, -0.1) is 13.2 Å². The quantitative estimate of drug-likeness (QED) is 0.575. The molecule has 0 spiro atoms. The molecule has 0 aliphatic rings. The van der Waals surface area contributed by atoms with Crippen LogP contribution in [-0.4, -0.2) is 10.7 Å². The minimum absolute atomic E-state index is 0.0511. The molecule has 0 aromatic heterocycles. The molecular weight excluding hydrogens is 112 g/mol. The normalized spacial score (nSPS) is 17.2. The third-order valence-electron chi connectivity index (χ3n) is 0.964. The van der Waals surface area contributed by atoms with E-state index in [4.69, 9.17) is 4.11 Å². The average molecular weight is 129 g/mol. The summed E-state index contributed by atoms with van der Waals surface area (Å²) in [5, 5.41) is 9.64. The Bertz CT molecular complexity index is 162. The molecule has 0 bridgehead atoms. The van der Waals surface area contributed by atoms with Crippen molar-refractivity contribution in [2.45, 2.75) is 25.3 Å². The largest absolute Gasteiger partial charge is 0.390 e. The molecule has 0 saturated heterocycles. The molecule has 0 aliphatic carbocycles. The molecule has 0 heterocycles. The van der Waals surface area contributed by atoms with Crippen LogP contribution in [-0.2, 0) is 0 Å². The Morgan fingerprint density at radius 1 is 1.56 bits per heavy atom. The molecule has 0 aliphatic heterocycles. The van der Waals surface area contributed by atoms with Gasteiger partial charge in [-0.3, -0.25) is 0 Å². The number of hydrogen-bond acceptors (Lipinski definition) is 1. The lowest BCUT2D eigenvalue weighted by atomic mass is 9.99. The van der Waals surface area contributed by atoms with Crippen molar-refractivity contribution in [1.29, 1.82) is 0 Å². The van der Waals surface area contributed by atoms with E-state index in [1.54, 1.807) is 0 Å². The molecule has 0 rings (SSSR count). The van der Waals surface area contributed by atoms with E-state index in [0.29, 0.717) is 0 Å². The van der Waals surface area contributed by atoms with Crippen molar-refractivity contribution in [2.75, 3.05) is 0 Å². The van der Waals surface area contributed by atoms with Crippen LogP contribution in [0.25, 0.3) is 0 Å². The second-order valence-corrected chi connectivity index (χ2v) is 2.02. The van der Waals surface area contributed by atoms with E-state index in [2.05, 4.69) is 13.2 Å². The predicted molar refractivity (Wildman–Crippen MR) is 40.3 cm³/mol. The Hall–Kier alpha value is -0.560. The van der Waals surface area contributed by atoms with Gasteiger partial charge in [-0.1, -0.05) is 12.2 Å². The average Bonchev–Trinajstić information content (AvgIpc) is 1.86. The molecule has 0 saturated carbocycles. The van der Waals surface area contributed by atoms with Gasteiger partial charge in [0.05, 0.1) is 5.60 Å². The Kier molecular flexibility index (Phi) is 1.65. The Balaban J connectivity index is 4.59. The number of aliphatic hydroxyl groups is 1. The Morgan fingerprint density at radius 2 is 2.00 bits per heavy atom. The van der Waals surface area contributed by atoms with E-state index >= 15 is 0 Å². The van der Waals surface area contributed by atoms with Crippen LogP contribution in [0.5, 0.6) is 0 Å². The third-order valence-corrected chi connectivity index (χ3v) is 0.964. The van der Waals surface area contributed by atoms with Gasteiger partial charge in [0.1, 0.15) is 0 Å². The standard InChI is InChI=1S/C8H14O/c1-4-6-8(3,9)7-5-2/h4-5,9H,1-2,6-7H2,3H3/i3D3. The molecule has 0 fully saturated rings. The topological polar surface area (TPSA) is 20.2 Å². The molecule has 0 amide bonds. The molecular formula is C8H14O. The molecule has 52 valence electrons. The molecule has 9 heavy (non-hydrogen) atoms. The van der Waals surface area contributed by atoms with E-state index in [0.717, 1.165) is 0 Å². The molecule has 1 heteroatoms. The highest BCUT2D eigenvalue weighted by atomic mass is 16.3. The zero-order valence-corrected chi connectivity index (χ0v) is 5.43. The van der Waals surface area contributed by atoms with Crippen molar-refractivity contribution in [1.82, 2.24) is 0 Å². The molecule has 0 unspecified atom stereocenters. The molecule has 1 nitrogen and oxygen atoms in total. The van der Waals surface area contributed by atoms with Crippen LogP contribution < -0.4 is 0 Å². The van der Waals surface area contributed by atoms with Crippen LogP contribution in [0.3, 0.4) is 0 Å². The van der Waals surface area contributed by atoms with Crippen molar-refractivity contribution in [3.8, 4) is 0 Å². The maximum atomic E-state index is 9.64. The van der Waals surface area contributed by atoms with E-state index in [1.807, 2.05) is 0 Å². The maximum Gasteiger partial charge on any atom is 0.0688 e. The summed E-state index contributed by atoms with van der Waals surface area (Å²) in [6, 6.07) is 0. The van der Waals surface area contributed by atoms with Crippen LogP contribution in [0, 0.1) is 0 Å². The minimum atomic E-state index is -2.38. The van der Waals surface area contributed by atoms with E-state index in [1.165, 1.54) is 12.2 Å². The summed E-state index contributed by atoms with van der Waals surface area (Å²) in [5.41, 5.74) is -1.70. The van der Waals surface area contributed by atoms with Crippen molar-refractivity contribution < 1.29 is 9.22 Å². The highest BCUT2D eigenvalue weighted by Crippen LogP contribution is 2.14. The fourth-order valence-electron chi connectivity index (χ4n) is 0.561. The van der Waals surface area contributed by atoms with Crippen molar-refractivity contribution in [3.05, 3.63) is 25.3 Å². The number of rotatable bonds is 4. The second-order valence-electron chi connectivity index (χ2n) is 2.02. The fourth-order valence-corrected chi connectivity index (χ4v) is 0.561. The van der Waals surface area contributed by atoms with Gasteiger partial charge in [-0.25, -0.2) is 0 Å². The molecule has 0 aromatic rings. The third kappa shape index (κ3) is 3.98. The van der Waals surface area contributed by atoms with Gasteiger partial charge in [0.25, 0.3) is 0 Å². The molecule has 1 N–H and O–H groups in total. The minimum Gasteiger partial charge on any atom is -0.390 e. The summed E-state index contributed by atoms with van der Waals surface area (Å²) in [6.07, 6.45) is 2.90. The van der Waals surface area contributed by atoms with Crippen LogP contribution in [0.4, 0.5) is 0 Å². The summed E-state index contributed by atoms with van der Waals surface area (Å²) in [5.74, 6) is 0. The lowest BCUT2D eigenvalue weighted by Gasteiger charge is -2.18. The van der Waals surface area contributed by atoms with E-state index in [9.17, 15) is 5.11 Å². The van der Waals surface area contributed by atoms with Gasteiger partial charge in [0.2, 0.25) is 0 Å². The molecule has 0 radical (unpaired) electrons. The first kappa shape index (κ1) is 4.29. The summed E-state index contributed by atoms with van der Waals surface area (Å²) in [7, 11) is 0.